The van der Waals surface area contributed by atoms with E-state index in [0.717, 1.165) is 21.1 Å². The monoisotopic (exact) mass is 418 g/mol. The van der Waals surface area contributed by atoms with Crippen LogP contribution in [-0.2, 0) is 5.41 Å². The summed E-state index contributed by atoms with van der Waals surface area (Å²) >= 11 is 1.51. The smallest absolute Gasteiger partial charge is 0.344 e. The first-order valence-electron chi connectivity index (χ1n) is 9.48. The number of hydrogen-bond acceptors (Lipinski definition) is 7. The van der Waals surface area contributed by atoms with E-state index in [0.29, 0.717) is 11.5 Å². The van der Waals surface area contributed by atoms with Gasteiger partial charge in [-0.15, -0.1) is 16.4 Å². The van der Waals surface area contributed by atoms with Crippen LogP contribution in [0.15, 0.2) is 58.2 Å². The minimum atomic E-state index is 0.0928. The van der Waals surface area contributed by atoms with Gasteiger partial charge in [0.05, 0.1) is 5.69 Å². The Labute approximate surface area is 178 Å². The lowest BCUT2D eigenvalue weighted by molar-refractivity contribution is 0.580. The Morgan fingerprint density at radius 3 is 2.53 bits per heavy atom. The average molecular weight is 419 g/mol. The summed E-state index contributed by atoms with van der Waals surface area (Å²) in [7, 11) is 0. The average Bonchev–Trinajstić information content (AvgIpc) is 3.34. The minimum absolute atomic E-state index is 0.0928. The first-order valence-corrected chi connectivity index (χ1v) is 10.3. The number of aryl methyl sites for hydroxylation is 1. The summed E-state index contributed by atoms with van der Waals surface area (Å²) in [5, 5.41) is 9.02. The molecule has 3 aromatic heterocycles. The Morgan fingerprint density at radius 2 is 1.87 bits per heavy atom. The third-order valence-corrected chi connectivity index (χ3v) is 5.77. The standard InChI is InChI=1S/C22H22N6OS/c1-13-17(30-20(25-13)14-7-9-16(10-8-14)22(2,3)4)19-27-28-21(29-19)26-18(23)15-6-5-11-24-12-15/h5-12H,1-4H3,(H2,23,26,28). The lowest BCUT2D eigenvalue weighted by atomic mass is 9.87. The van der Waals surface area contributed by atoms with Gasteiger partial charge in [0.25, 0.3) is 5.89 Å². The molecule has 3 heterocycles. The lowest BCUT2D eigenvalue weighted by Crippen LogP contribution is -2.12. The van der Waals surface area contributed by atoms with Crippen molar-refractivity contribution < 1.29 is 4.42 Å². The summed E-state index contributed by atoms with van der Waals surface area (Å²) < 4.78 is 5.72. The number of pyridine rings is 1. The molecule has 0 saturated carbocycles. The maximum absolute atomic E-state index is 6.00. The van der Waals surface area contributed by atoms with Gasteiger partial charge in [-0.3, -0.25) is 4.98 Å². The van der Waals surface area contributed by atoms with Crippen molar-refractivity contribution in [2.75, 3.05) is 0 Å². The number of nitrogens with zero attached hydrogens (tertiary/aromatic N) is 5. The highest BCUT2D eigenvalue weighted by molar-refractivity contribution is 7.18. The van der Waals surface area contributed by atoms with Gasteiger partial charge in [0, 0.05) is 23.5 Å². The van der Waals surface area contributed by atoms with E-state index < -0.39 is 0 Å². The van der Waals surface area contributed by atoms with Crippen LogP contribution in [-0.4, -0.2) is 26.0 Å². The molecule has 0 atom stereocenters. The second kappa shape index (κ2) is 7.79. The van der Waals surface area contributed by atoms with Crippen molar-refractivity contribution in [3.63, 3.8) is 0 Å². The Bertz CT molecular complexity index is 1190. The van der Waals surface area contributed by atoms with Crippen LogP contribution < -0.4 is 5.73 Å². The van der Waals surface area contributed by atoms with Gasteiger partial charge in [-0.2, -0.15) is 4.99 Å². The van der Waals surface area contributed by atoms with Crippen molar-refractivity contribution in [2.45, 2.75) is 33.1 Å². The zero-order valence-electron chi connectivity index (χ0n) is 17.2. The molecule has 4 aromatic rings. The van der Waals surface area contributed by atoms with E-state index in [-0.39, 0.29) is 17.3 Å². The molecule has 7 nitrogen and oxygen atoms in total. The zero-order chi connectivity index (χ0) is 21.3. The lowest BCUT2D eigenvalue weighted by Gasteiger charge is -2.18. The molecule has 8 heteroatoms. The van der Waals surface area contributed by atoms with Crippen LogP contribution in [0.25, 0.3) is 21.3 Å². The summed E-state index contributed by atoms with van der Waals surface area (Å²) in [5.41, 5.74) is 9.97. The van der Waals surface area contributed by atoms with E-state index in [1.807, 2.05) is 13.0 Å². The summed E-state index contributed by atoms with van der Waals surface area (Å²) in [5.74, 6) is 0.638. The van der Waals surface area contributed by atoms with Crippen LogP contribution in [0, 0.1) is 6.92 Å². The third kappa shape index (κ3) is 4.13. The topological polar surface area (TPSA) is 103 Å². The molecule has 30 heavy (non-hydrogen) atoms. The molecule has 2 N–H and O–H groups in total. The molecule has 4 rings (SSSR count). The molecule has 0 bridgehead atoms. The summed E-state index contributed by atoms with van der Waals surface area (Å²) in [4.78, 5) is 13.7. The van der Waals surface area contributed by atoms with Crippen LogP contribution >= 0.6 is 11.3 Å². The molecule has 0 radical (unpaired) electrons. The number of aromatic nitrogens is 4. The molecule has 0 unspecified atom stereocenters. The molecule has 0 spiro atoms. The summed E-state index contributed by atoms with van der Waals surface area (Å²) in [6, 6.07) is 12.2. The molecule has 0 fully saturated rings. The van der Waals surface area contributed by atoms with E-state index >= 15 is 0 Å². The normalized spacial score (nSPS) is 12.3. The highest BCUT2D eigenvalue weighted by Gasteiger charge is 2.18. The molecule has 0 aliphatic carbocycles. The second-order valence-corrected chi connectivity index (χ2v) is 8.89. The Balaban J connectivity index is 1.60. The maximum atomic E-state index is 6.00. The van der Waals surface area contributed by atoms with Gasteiger partial charge in [-0.25, -0.2) is 4.98 Å². The first kappa shape index (κ1) is 19.9. The van der Waals surface area contributed by atoms with Crippen molar-refractivity contribution in [3.8, 4) is 21.3 Å². The van der Waals surface area contributed by atoms with Crippen molar-refractivity contribution in [1.29, 1.82) is 0 Å². The van der Waals surface area contributed by atoms with E-state index in [4.69, 9.17) is 10.2 Å². The van der Waals surface area contributed by atoms with Crippen LogP contribution in [0.3, 0.4) is 0 Å². The SMILES string of the molecule is Cc1nc(-c2ccc(C(C)(C)C)cc2)sc1-c1nnc(N=C(N)c2cccnc2)o1. The largest absolute Gasteiger partial charge is 0.401 e. The van der Waals surface area contributed by atoms with Gasteiger partial charge in [0.2, 0.25) is 0 Å². The van der Waals surface area contributed by atoms with Crippen molar-refractivity contribution in [1.82, 2.24) is 20.2 Å². The number of rotatable bonds is 4. The van der Waals surface area contributed by atoms with E-state index in [1.54, 1.807) is 18.5 Å². The van der Waals surface area contributed by atoms with Crippen molar-refractivity contribution >= 4 is 23.2 Å². The molecule has 0 amide bonds. The summed E-state index contributed by atoms with van der Waals surface area (Å²) in [6.45, 7) is 8.52. The number of amidine groups is 1. The highest BCUT2D eigenvalue weighted by atomic mass is 32.1. The quantitative estimate of drug-likeness (QED) is 0.373. The van der Waals surface area contributed by atoms with Crippen LogP contribution in [0.2, 0.25) is 0 Å². The Hall–Kier alpha value is -3.39. The Morgan fingerprint density at radius 1 is 1.10 bits per heavy atom. The number of aliphatic imine (C=N–C) groups is 1. The number of hydrogen-bond donors (Lipinski definition) is 1. The first-order chi connectivity index (χ1) is 14.3. The van der Waals surface area contributed by atoms with Gasteiger partial charge in [0.1, 0.15) is 15.7 Å². The van der Waals surface area contributed by atoms with Gasteiger partial charge in [-0.1, -0.05) is 50.1 Å². The molecule has 0 aliphatic rings. The second-order valence-electron chi connectivity index (χ2n) is 7.89. The molecular weight excluding hydrogens is 396 g/mol. The molecule has 1 aromatic carbocycles. The van der Waals surface area contributed by atoms with E-state index in [1.165, 1.54) is 16.9 Å². The number of thiazole rings is 1. The third-order valence-electron chi connectivity index (χ3n) is 4.58. The van der Waals surface area contributed by atoms with Crippen LogP contribution in [0.1, 0.15) is 37.6 Å². The van der Waals surface area contributed by atoms with Gasteiger partial charge in [-0.05, 0) is 30.0 Å². The minimum Gasteiger partial charge on any atom is -0.401 e. The molecular formula is C22H22N6OS. The zero-order valence-corrected chi connectivity index (χ0v) is 18.1. The van der Waals surface area contributed by atoms with Gasteiger partial charge in [0.15, 0.2) is 0 Å². The predicted octanol–water partition coefficient (Wildman–Crippen LogP) is 4.90. The fraction of sp³-hybridized carbons (Fsp3) is 0.227. The molecule has 152 valence electrons. The fourth-order valence-corrected chi connectivity index (χ4v) is 3.86. The molecule has 0 saturated heterocycles. The van der Waals surface area contributed by atoms with Crippen LogP contribution in [0.4, 0.5) is 6.01 Å². The predicted molar refractivity (Wildman–Crippen MR) is 119 cm³/mol. The molecule has 0 aliphatic heterocycles. The van der Waals surface area contributed by atoms with Crippen LogP contribution in [0.5, 0.6) is 0 Å². The summed E-state index contributed by atoms with van der Waals surface area (Å²) in [6.07, 6.45) is 3.29. The van der Waals surface area contributed by atoms with Gasteiger partial charge >= 0.3 is 6.01 Å². The van der Waals surface area contributed by atoms with Crippen molar-refractivity contribution in [2.24, 2.45) is 10.7 Å². The van der Waals surface area contributed by atoms with Crippen molar-refractivity contribution in [3.05, 3.63) is 65.6 Å². The number of benzene rings is 1. The highest BCUT2D eigenvalue weighted by Crippen LogP contribution is 2.36. The number of nitrogens with two attached hydrogens (primary N) is 1. The Kier molecular flexibility index (Phi) is 5.17. The fourth-order valence-electron chi connectivity index (χ4n) is 2.87. The van der Waals surface area contributed by atoms with Gasteiger partial charge < -0.3 is 10.2 Å². The van der Waals surface area contributed by atoms with E-state index in [9.17, 15) is 0 Å². The van der Waals surface area contributed by atoms with E-state index in [2.05, 4.69) is 70.2 Å². The maximum Gasteiger partial charge on any atom is 0.344 e.